The van der Waals surface area contributed by atoms with Gasteiger partial charge in [-0.1, -0.05) is 0 Å². The second-order valence-electron chi connectivity index (χ2n) is 0.236. The topological polar surface area (TPSA) is 0 Å². The molecule has 0 saturated heterocycles. The van der Waals surface area contributed by atoms with Crippen molar-refractivity contribution in [1.82, 2.24) is 0 Å². The number of hydrogen-bond acceptors (Lipinski definition) is 0. The second-order valence-corrected chi connectivity index (χ2v) is 0.709. The molecule has 0 fully saturated rings. The van der Waals surface area contributed by atoms with E-state index in [2.05, 4.69) is 6.72 Å². The molecule has 0 aliphatic heterocycles. The molecule has 0 aromatic carbocycles. The third-order valence-electron chi connectivity index (χ3n) is 0. The molecule has 0 heterocycles. The minimum absolute atomic E-state index is 2.86. The zero-order valence-electron chi connectivity index (χ0n) is 1.74. The van der Waals surface area contributed by atoms with Crippen LogP contribution in [0.3, 0.4) is 0 Å². The standard InChI is InChI=1S/BF2S/c1-4(2)3/i2-1. The maximum atomic E-state index is 10.1. The van der Waals surface area contributed by atoms with Gasteiger partial charge in [0, 0.05) is 0 Å². The molecular weight excluding hydrogens is 79.9 g/mol. The van der Waals surface area contributed by atoms with Gasteiger partial charge in [-0.2, -0.15) is 0 Å². The van der Waals surface area contributed by atoms with Crippen molar-refractivity contribution in [3.05, 3.63) is 0 Å². The summed E-state index contributed by atoms with van der Waals surface area (Å²) < 4.78 is 20.3. The van der Waals surface area contributed by atoms with Gasteiger partial charge in [-0.05, 0) is 0 Å². The Labute approximate surface area is 26.6 Å². The van der Waals surface area contributed by atoms with Crippen LogP contribution in [-0.2, 0) is 0 Å². The first-order valence-corrected chi connectivity index (χ1v) is 1.63. The Morgan fingerprint density at radius 2 is 1.50 bits per heavy atom. The third kappa shape index (κ3) is 48.9. The van der Waals surface area contributed by atoms with E-state index in [1.807, 2.05) is 0 Å². The quantitative estimate of drug-likeness (QED) is 0.382. The third-order valence-corrected chi connectivity index (χ3v) is 0. The molecule has 0 spiro atoms. The van der Waals surface area contributed by atoms with Crippen molar-refractivity contribution in [3.8, 4) is 0 Å². The zero-order valence-corrected chi connectivity index (χ0v) is 2.56. The summed E-state index contributed by atoms with van der Waals surface area (Å²) in [5.41, 5.74) is 0. The molecule has 0 aromatic heterocycles. The van der Waals surface area contributed by atoms with Crippen molar-refractivity contribution < 1.29 is 7.77 Å². The van der Waals surface area contributed by atoms with Gasteiger partial charge in [0.05, 0.1) is 0 Å². The number of rotatable bonds is 0. The number of hydrogen-bond donors (Lipinski definition) is 0. The van der Waals surface area contributed by atoms with E-state index in [1.165, 1.54) is 0 Å². The van der Waals surface area contributed by atoms with Gasteiger partial charge < -0.3 is 0 Å². The van der Waals surface area contributed by atoms with E-state index in [0.29, 0.717) is 0 Å². The van der Waals surface area contributed by atoms with Crippen molar-refractivity contribution in [2.75, 3.05) is 0 Å². The van der Waals surface area contributed by atoms with Crippen molar-refractivity contribution in [3.63, 3.8) is 0 Å². The van der Waals surface area contributed by atoms with Crippen LogP contribution in [0.1, 0.15) is 0 Å². The Bertz CT molecular complexity index is 29.0. The van der Waals surface area contributed by atoms with Gasteiger partial charge in [-0.15, -0.1) is 0 Å². The summed E-state index contributed by atoms with van der Waals surface area (Å²) in [5, 5.41) is 0. The fourth-order valence-corrected chi connectivity index (χ4v) is 0. The normalized spacial score (nSPS) is 15.2. The van der Waals surface area contributed by atoms with E-state index in [1.54, 1.807) is 0 Å². The monoisotopic (exact) mass is 80.0 g/mol. The molecule has 4 heavy (non-hydrogen) atoms. The summed E-state index contributed by atoms with van der Waals surface area (Å²) in [6.07, 6.45) is 0. The summed E-state index contributed by atoms with van der Waals surface area (Å²) in [5.74, 6) is 0. The Morgan fingerprint density at radius 1 is 1.50 bits per heavy atom. The van der Waals surface area contributed by atoms with Gasteiger partial charge in [0.25, 0.3) is 0 Å². The summed E-state index contributed by atoms with van der Waals surface area (Å²) in [6.45, 7) is 3.81. The van der Waals surface area contributed by atoms with E-state index in [9.17, 15) is 7.77 Å². The van der Waals surface area contributed by atoms with Crippen LogP contribution in [0.4, 0.5) is 7.77 Å². The number of halogens is 2. The molecule has 0 nitrogen and oxygen atoms in total. The molecule has 0 rings (SSSR count). The van der Waals surface area contributed by atoms with Crippen LogP contribution in [-0.4, -0.2) is 6.72 Å². The van der Waals surface area contributed by atoms with Crippen LogP contribution in [0, 0.1) is 0 Å². The van der Waals surface area contributed by atoms with Crippen molar-refractivity contribution in [2.24, 2.45) is 0 Å². The summed E-state index contributed by atoms with van der Waals surface area (Å²) in [4.78, 5) is 0. The maximum absolute atomic E-state index is 10.1. The minimum atomic E-state index is -2.86. The van der Waals surface area contributed by atoms with E-state index < -0.39 is 11.1 Å². The van der Waals surface area contributed by atoms with E-state index in [-0.39, 0.29) is 0 Å². The van der Waals surface area contributed by atoms with Crippen molar-refractivity contribution >= 4 is 17.8 Å². The second kappa shape index (κ2) is 1.58. The zero-order chi connectivity index (χ0) is 3.58. The van der Waals surface area contributed by atoms with E-state index >= 15 is 0 Å². The predicted octanol–water partition coefficient (Wildman–Crippen LogP) is 1.11. The molecule has 23 valence electrons. The van der Waals surface area contributed by atoms with Crippen molar-refractivity contribution in [2.45, 2.75) is 0 Å². The molecule has 4 heteroatoms. The van der Waals surface area contributed by atoms with Crippen LogP contribution < -0.4 is 0 Å². The van der Waals surface area contributed by atoms with E-state index in [0.717, 1.165) is 0 Å². The van der Waals surface area contributed by atoms with Gasteiger partial charge in [-0.3, -0.25) is 0 Å². The molecule has 1 unspecified atom stereocenters. The Hall–Kier alpha value is 0.275. The molecule has 0 N–H and O–H groups in total. The Morgan fingerprint density at radius 3 is 1.50 bits per heavy atom. The van der Waals surface area contributed by atoms with Gasteiger partial charge in [0.15, 0.2) is 0 Å². The fourth-order valence-electron chi connectivity index (χ4n) is 0. The molecule has 0 saturated carbocycles. The first-order chi connectivity index (χ1) is 1.73. The van der Waals surface area contributed by atoms with Crippen LogP contribution in [0.5, 0.6) is 0 Å². The molecule has 1 radical (unpaired) electrons. The molecule has 1 atom stereocenters. The average molecular weight is 79.9 g/mol. The van der Waals surface area contributed by atoms with E-state index in [4.69, 9.17) is 0 Å². The van der Waals surface area contributed by atoms with Gasteiger partial charge in [-0.25, -0.2) is 0 Å². The van der Waals surface area contributed by atoms with Crippen LogP contribution in [0.2, 0.25) is 0 Å². The van der Waals surface area contributed by atoms with Crippen LogP contribution in [0.15, 0.2) is 0 Å². The van der Waals surface area contributed by atoms with Crippen LogP contribution in [0.25, 0.3) is 0 Å². The average Bonchev–Trinajstić information content (AvgIpc) is 0.811. The molecule has 0 bridgehead atoms. The van der Waals surface area contributed by atoms with Gasteiger partial charge in [0.2, 0.25) is 0 Å². The SMILES string of the molecule is [B]=S(F)[18F]. The first-order valence-electron chi connectivity index (χ1n) is 0.544. The molecular formula is BF2S. The molecule has 0 aromatic rings. The fraction of sp³-hybridized carbons (Fsp3) is 0. The molecule has 0 aliphatic rings. The summed E-state index contributed by atoms with van der Waals surface area (Å²) in [7, 11) is 0. The van der Waals surface area contributed by atoms with Gasteiger partial charge in [0.1, 0.15) is 0 Å². The predicted molar refractivity (Wildman–Crippen MR) is 15.6 cm³/mol. The molecule has 0 amide bonds. The first kappa shape index (κ1) is 4.27. The van der Waals surface area contributed by atoms with Gasteiger partial charge >= 0.3 is 25.6 Å². The molecule has 0 aliphatic carbocycles. The van der Waals surface area contributed by atoms with Crippen LogP contribution >= 0.6 is 11.1 Å². The Kier molecular flexibility index (Phi) is 1.69. The summed E-state index contributed by atoms with van der Waals surface area (Å²) in [6, 6.07) is 0. The summed E-state index contributed by atoms with van der Waals surface area (Å²) >= 11 is -2.86. The van der Waals surface area contributed by atoms with Crippen molar-refractivity contribution in [1.29, 1.82) is 0 Å². The Balaban J connectivity index is 2.80.